The van der Waals surface area contributed by atoms with Crippen LogP contribution in [-0.2, 0) is 10.0 Å². The first kappa shape index (κ1) is 18.5. The molecule has 6 nitrogen and oxygen atoms in total. The Balaban J connectivity index is 1.64. The van der Waals surface area contributed by atoms with E-state index in [1.54, 1.807) is 12.1 Å². The van der Waals surface area contributed by atoms with E-state index in [0.29, 0.717) is 32.7 Å². The fourth-order valence-electron chi connectivity index (χ4n) is 3.10. The molecule has 1 fully saturated rings. The number of hydrogen-bond donors (Lipinski definition) is 1. The third kappa shape index (κ3) is 3.94. The molecule has 7 heteroatoms. The minimum atomic E-state index is -3.69. The quantitative estimate of drug-likeness (QED) is 0.863. The Bertz CT molecular complexity index is 886. The molecule has 1 aliphatic heterocycles. The molecule has 0 amide bonds. The number of rotatable bonds is 5. The molecule has 136 valence electrons. The van der Waals surface area contributed by atoms with Crippen LogP contribution >= 0.6 is 0 Å². The Morgan fingerprint density at radius 1 is 1.00 bits per heavy atom. The molecule has 2 aromatic rings. The average molecular weight is 371 g/mol. The van der Waals surface area contributed by atoms with Gasteiger partial charge in [0.2, 0.25) is 10.0 Å². The SMILES string of the molecule is N#Cc1ccccc1S(=O)(=O)N1CCN(C[C@H](O)c2ccccc2)CC1. The summed E-state index contributed by atoms with van der Waals surface area (Å²) in [4.78, 5) is 2.11. The molecule has 0 aliphatic carbocycles. The summed E-state index contributed by atoms with van der Waals surface area (Å²) in [6.45, 7) is 2.22. The Labute approximate surface area is 154 Å². The summed E-state index contributed by atoms with van der Waals surface area (Å²) in [5.74, 6) is 0. The van der Waals surface area contributed by atoms with Crippen molar-refractivity contribution in [3.63, 3.8) is 0 Å². The van der Waals surface area contributed by atoms with Gasteiger partial charge in [-0.15, -0.1) is 0 Å². The zero-order chi connectivity index (χ0) is 18.6. The molecule has 1 N–H and O–H groups in total. The third-order valence-electron chi connectivity index (χ3n) is 4.57. The van der Waals surface area contributed by atoms with Gasteiger partial charge in [0.15, 0.2) is 0 Å². The number of β-amino-alcohol motifs (C(OH)–C–C–N with tert-alkyl or cyclic N) is 1. The topological polar surface area (TPSA) is 84.6 Å². The Morgan fingerprint density at radius 3 is 2.27 bits per heavy atom. The Kier molecular flexibility index (Phi) is 5.69. The summed E-state index contributed by atoms with van der Waals surface area (Å²) < 4.78 is 27.1. The number of nitriles is 1. The monoisotopic (exact) mass is 371 g/mol. The maximum atomic E-state index is 12.8. The number of hydrogen-bond acceptors (Lipinski definition) is 5. The van der Waals surface area contributed by atoms with Gasteiger partial charge in [0.25, 0.3) is 0 Å². The van der Waals surface area contributed by atoms with Crippen molar-refractivity contribution in [3.05, 3.63) is 65.7 Å². The first-order chi connectivity index (χ1) is 12.5. The van der Waals surface area contributed by atoms with E-state index in [1.807, 2.05) is 36.4 Å². The lowest BCUT2D eigenvalue weighted by Gasteiger charge is -2.35. The number of benzene rings is 2. The van der Waals surface area contributed by atoms with Crippen LogP contribution in [0.3, 0.4) is 0 Å². The van der Waals surface area contributed by atoms with Crippen molar-refractivity contribution in [1.82, 2.24) is 9.21 Å². The molecule has 0 spiro atoms. The van der Waals surface area contributed by atoms with E-state index in [-0.39, 0.29) is 10.5 Å². The minimum absolute atomic E-state index is 0.0558. The molecule has 0 bridgehead atoms. The molecule has 0 unspecified atom stereocenters. The second-order valence-corrected chi connectivity index (χ2v) is 8.15. The highest BCUT2D eigenvalue weighted by atomic mass is 32.2. The predicted octanol–water partition coefficient (Wildman–Crippen LogP) is 1.60. The maximum absolute atomic E-state index is 12.8. The second-order valence-electron chi connectivity index (χ2n) is 6.24. The molecule has 0 aromatic heterocycles. The molecule has 2 aromatic carbocycles. The summed E-state index contributed by atoms with van der Waals surface area (Å²) in [7, 11) is -3.69. The highest BCUT2D eigenvalue weighted by molar-refractivity contribution is 7.89. The first-order valence-corrected chi connectivity index (χ1v) is 9.91. The van der Waals surface area contributed by atoms with Crippen molar-refractivity contribution in [1.29, 1.82) is 5.26 Å². The van der Waals surface area contributed by atoms with Crippen molar-refractivity contribution < 1.29 is 13.5 Å². The number of piperazine rings is 1. The Morgan fingerprint density at radius 2 is 1.62 bits per heavy atom. The van der Waals surface area contributed by atoms with Gasteiger partial charge in [-0.2, -0.15) is 9.57 Å². The van der Waals surface area contributed by atoms with E-state index in [1.165, 1.54) is 16.4 Å². The van der Waals surface area contributed by atoms with Crippen LogP contribution < -0.4 is 0 Å². The number of sulfonamides is 1. The van der Waals surface area contributed by atoms with Crippen LogP contribution in [0.5, 0.6) is 0 Å². The molecule has 1 atom stereocenters. The van der Waals surface area contributed by atoms with E-state index in [2.05, 4.69) is 4.90 Å². The average Bonchev–Trinajstić information content (AvgIpc) is 2.69. The van der Waals surface area contributed by atoms with Gasteiger partial charge in [0.1, 0.15) is 6.07 Å². The maximum Gasteiger partial charge on any atom is 0.244 e. The van der Waals surface area contributed by atoms with Crippen molar-refractivity contribution in [2.45, 2.75) is 11.0 Å². The summed E-state index contributed by atoms with van der Waals surface area (Å²) in [6.07, 6.45) is -0.598. The number of aliphatic hydroxyl groups excluding tert-OH is 1. The lowest BCUT2D eigenvalue weighted by Crippen LogP contribution is -2.49. The van der Waals surface area contributed by atoms with Crippen LogP contribution in [0.15, 0.2) is 59.5 Å². The fourth-order valence-corrected chi connectivity index (χ4v) is 4.66. The van der Waals surface area contributed by atoms with E-state index >= 15 is 0 Å². The van der Waals surface area contributed by atoms with Gasteiger partial charge in [-0.1, -0.05) is 42.5 Å². The van der Waals surface area contributed by atoms with Crippen LogP contribution in [0.1, 0.15) is 17.2 Å². The first-order valence-electron chi connectivity index (χ1n) is 8.47. The molecule has 1 saturated heterocycles. The van der Waals surface area contributed by atoms with Crippen molar-refractivity contribution in [2.75, 3.05) is 32.7 Å². The Hall–Kier alpha value is -2.24. The summed E-state index contributed by atoms with van der Waals surface area (Å²) in [5.41, 5.74) is 1.01. The molecule has 1 aliphatic rings. The largest absolute Gasteiger partial charge is 0.387 e. The van der Waals surface area contributed by atoms with Crippen molar-refractivity contribution in [2.24, 2.45) is 0 Å². The molecular weight excluding hydrogens is 350 g/mol. The molecule has 3 rings (SSSR count). The van der Waals surface area contributed by atoms with Crippen molar-refractivity contribution >= 4 is 10.0 Å². The van der Waals surface area contributed by atoms with E-state index < -0.39 is 16.1 Å². The van der Waals surface area contributed by atoms with Crippen LogP contribution in [0, 0.1) is 11.3 Å². The van der Waals surface area contributed by atoms with Gasteiger partial charge >= 0.3 is 0 Å². The van der Waals surface area contributed by atoms with Gasteiger partial charge in [-0.25, -0.2) is 8.42 Å². The van der Waals surface area contributed by atoms with E-state index in [4.69, 9.17) is 5.26 Å². The highest BCUT2D eigenvalue weighted by Crippen LogP contribution is 2.22. The normalized spacial score (nSPS) is 17.5. The molecule has 0 saturated carbocycles. The van der Waals surface area contributed by atoms with Crippen LogP contribution in [0.25, 0.3) is 0 Å². The summed E-state index contributed by atoms with van der Waals surface area (Å²) >= 11 is 0. The smallest absolute Gasteiger partial charge is 0.244 e. The van der Waals surface area contributed by atoms with Gasteiger partial charge in [-0.3, -0.25) is 4.90 Å². The second kappa shape index (κ2) is 7.98. The van der Waals surface area contributed by atoms with E-state index in [9.17, 15) is 13.5 Å². The lowest BCUT2D eigenvalue weighted by molar-refractivity contribution is 0.0921. The van der Waals surface area contributed by atoms with Crippen molar-refractivity contribution in [3.8, 4) is 6.07 Å². The standard InChI is InChI=1S/C19H21N3O3S/c20-14-17-8-4-5-9-19(17)26(24,25)22-12-10-21(11-13-22)15-18(23)16-6-2-1-3-7-16/h1-9,18,23H,10-13,15H2/t18-/m0/s1. The number of nitrogens with zero attached hydrogens (tertiary/aromatic N) is 3. The van der Waals surface area contributed by atoms with Crippen LogP contribution in [0.2, 0.25) is 0 Å². The zero-order valence-corrected chi connectivity index (χ0v) is 15.1. The highest BCUT2D eigenvalue weighted by Gasteiger charge is 2.30. The van der Waals surface area contributed by atoms with Gasteiger partial charge in [-0.05, 0) is 17.7 Å². The lowest BCUT2D eigenvalue weighted by atomic mass is 10.1. The molecule has 0 radical (unpaired) electrons. The minimum Gasteiger partial charge on any atom is -0.387 e. The van der Waals surface area contributed by atoms with Crippen LogP contribution in [-0.4, -0.2) is 55.5 Å². The van der Waals surface area contributed by atoms with Gasteiger partial charge < -0.3 is 5.11 Å². The summed E-state index contributed by atoms with van der Waals surface area (Å²) in [6, 6.07) is 17.6. The van der Waals surface area contributed by atoms with Crippen LogP contribution in [0.4, 0.5) is 0 Å². The predicted molar refractivity (Wildman–Crippen MR) is 97.8 cm³/mol. The van der Waals surface area contributed by atoms with E-state index in [0.717, 1.165) is 5.56 Å². The molecule has 1 heterocycles. The zero-order valence-electron chi connectivity index (χ0n) is 14.3. The third-order valence-corrected chi connectivity index (χ3v) is 6.53. The number of aliphatic hydroxyl groups is 1. The van der Waals surface area contributed by atoms with Gasteiger partial charge in [0.05, 0.1) is 16.6 Å². The molecular formula is C19H21N3O3S. The summed E-state index contributed by atoms with van der Waals surface area (Å²) in [5, 5.41) is 19.5. The van der Waals surface area contributed by atoms with Gasteiger partial charge in [0, 0.05) is 32.7 Å². The molecule has 26 heavy (non-hydrogen) atoms. The fraction of sp³-hybridized carbons (Fsp3) is 0.316.